The van der Waals surface area contributed by atoms with Crippen LogP contribution in [0.25, 0.3) is 10.2 Å². The second-order valence-electron chi connectivity index (χ2n) is 6.47. The SMILES string of the molecule is Cc1[nH]c(C(=O)Nc2nc3c(N4CCOCC4)cc(C(=O)O)cc3s2)c(Cl)c1Cl. The monoisotopic (exact) mass is 454 g/mol. The van der Waals surface area contributed by atoms with Crippen molar-refractivity contribution in [3.05, 3.63) is 39.1 Å². The highest BCUT2D eigenvalue weighted by Gasteiger charge is 2.22. The average molecular weight is 455 g/mol. The maximum Gasteiger partial charge on any atom is 0.335 e. The summed E-state index contributed by atoms with van der Waals surface area (Å²) in [6.45, 7) is 4.08. The summed E-state index contributed by atoms with van der Waals surface area (Å²) < 4.78 is 6.04. The standard InChI is InChI=1S/C18H16Cl2N4O4S/c1-8-12(19)13(20)15(21-8)16(25)23-18-22-14-10(24-2-4-28-5-3-24)6-9(17(26)27)7-11(14)29-18/h6-7,21H,2-5H2,1H3,(H,26,27)(H,22,23,25). The number of benzene rings is 1. The van der Waals surface area contributed by atoms with Crippen LogP contribution in [0.4, 0.5) is 10.8 Å². The van der Waals surface area contributed by atoms with Crippen LogP contribution in [-0.2, 0) is 4.74 Å². The molecule has 3 aromatic rings. The molecule has 2 aromatic heterocycles. The van der Waals surface area contributed by atoms with Crippen LogP contribution >= 0.6 is 34.5 Å². The van der Waals surface area contributed by atoms with Crippen molar-refractivity contribution in [2.75, 3.05) is 36.5 Å². The number of anilines is 2. The van der Waals surface area contributed by atoms with Gasteiger partial charge in [-0.1, -0.05) is 34.5 Å². The van der Waals surface area contributed by atoms with Crippen molar-refractivity contribution >= 4 is 67.5 Å². The summed E-state index contributed by atoms with van der Waals surface area (Å²) in [5.41, 5.74) is 2.23. The van der Waals surface area contributed by atoms with E-state index < -0.39 is 11.9 Å². The van der Waals surface area contributed by atoms with Gasteiger partial charge in [-0.2, -0.15) is 0 Å². The normalized spacial score (nSPS) is 14.4. The number of aromatic carboxylic acids is 1. The third kappa shape index (κ3) is 3.78. The van der Waals surface area contributed by atoms with Gasteiger partial charge < -0.3 is 19.7 Å². The maximum absolute atomic E-state index is 12.6. The Morgan fingerprint density at radius 1 is 1.28 bits per heavy atom. The van der Waals surface area contributed by atoms with Gasteiger partial charge in [-0.15, -0.1) is 0 Å². The van der Waals surface area contributed by atoms with Gasteiger partial charge in [0.25, 0.3) is 5.91 Å². The third-order valence-electron chi connectivity index (χ3n) is 4.57. The highest BCUT2D eigenvalue weighted by atomic mass is 35.5. The summed E-state index contributed by atoms with van der Waals surface area (Å²) >= 11 is 13.3. The number of carbonyl (C=O) groups is 2. The Hall–Kier alpha value is -2.33. The van der Waals surface area contributed by atoms with E-state index in [0.717, 1.165) is 0 Å². The number of aromatic nitrogens is 2. The molecule has 1 fully saturated rings. The summed E-state index contributed by atoms with van der Waals surface area (Å²) in [5, 5.41) is 12.9. The van der Waals surface area contributed by atoms with Crippen molar-refractivity contribution in [3.63, 3.8) is 0 Å². The minimum Gasteiger partial charge on any atom is -0.478 e. The molecule has 1 amide bonds. The predicted molar refractivity (Wildman–Crippen MR) is 113 cm³/mol. The Morgan fingerprint density at radius 3 is 2.62 bits per heavy atom. The predicted octanol–water partition coefficient (Wildman–Crippen LogP) is 4.03. The van der Waals surface area contributed by atoms with E-state index in [9.17, 15) is 14.7 Å². The van der Waals surface area contributed by atoms with Crippen molar-refractivity contribution in [3.8, 4) is 0 Å². The molecule has 0 saturated carbocycles. The maximum atomic E-state index is 12.6. The molecule has 3 heterocycles. The number of H-pyrrole nitrogens is 1. The lowest BCUT2D eigenvalue weighted by Crippen LogP contribution is -2.36. The number of halogens is 2. The molecule has 3 N–H and O–H groups in total. The molecule has 0 spiro atoms. The highest BCUT2D eigenvalue weighted by molar-refractivity contribution is 7.22. The van der Waals surface area contributed by atoms with Gasteiger partial charge in [0.05, 0.1) is 39.2 Å². The van der Waals surface area contributed by atoms with Crippen LogP contribution in [0.3, 0.4) is 0 Å². The fourth-order valence-electron chi connectivity index (χ4n) is 3.12. The molecule has 11 heteroatoms. The summed E-state index contributed by atoms with van der Waals surface area (Å²) in [6.07, 6.45) is 0. The third-order valence-corrected chi connectivity index (χ3v) is 6.44. The van der Waals surface area contributed by atoms with Crippen LogP contribution in [0, 0.1) is 6.92 Å². The fourth-order valence-corrected chi connectivity index (χ4v) is 4.46. The molecule has 0 radical (unpaired) electrons. The van der Waals surface area contributed by atoms with E-state index in [1.807, 2.05) is 4.90 Å². The number of aryl methyl sites for hydroxylation is 1. The zero-order valence-electron chi connectivity index (χ0n) is 15.2. The average Bonchev–Trinajstić information content (AvgIpc) is 3.23. The van der Waals surface area contributed by atoms with Crippen molar-refractivity contribution < 1.29 is 19.4 Å². The summed E-state index contributed by atoms with van der Waals surface area (Å²) in [7, 11) is 0. The van der Waals surface area contributed by atoms with E-state index in [1.165, 1.54) is 11.3 Å². The largest absolute Gasteiger partial charge is 0.478 e. The quantitative estimate of drug-likeness (QED) is 0.549. The highest BCUT2D eigenvalue weighted by Crippen LogP contribution is 2.36. The van der Waals surface area contributed by atoms with E-state index in [-0.39, 0.29) is 16.3 Å². The van der Waals surface area contributed by atoms with Crippen LogP contribution in [0.2, 0.25) is 10.0 Å². The molecule has 4 rings (SSSR count). The zero-order chi connectivity index (χ0) is 20.7. The van der Waals surface area contributed by atoms with Gasteiger partial charge in [-0.3, -0.25) is 10.1 Å². The van der Waals surface area contributed by atoms with Crippen molar-refractivity contribution in [2.24, 2.45) is 0 Å². The molecule has 0 unspecified atom stereocenters. The molecule has 1 aliphatic rings. The van der Waals surface area contributed by atoms with E-state index in [4.69, 9.17) is 27.9 Å². The number of amides is 1. The second kappa shape index (κ2) is 7.83. The molecule has 1 aliphatic heterocycles. The number of rotatable bonds is 4. The van der Waals surface area contributed by atoms with E-state index in [1.54, 1.807) is 19.1 Å². The van der Waals surface area contributed by atoms with E-state index >= 15 is 0 Å². The summed E-state index contributed by atoms with van der Waals surface area (Å²) in [4.78, 5) is 33.6. The Balaban J connectivity index is 1.71. The number of thiazole rings is 1. The van der Waals surface area contributed by atoms with E-state index in [0.29, 0.717) is 58.1 Å². The Labute approximate surface area is 179 Å². The summed E-state index contributed by atoms with van der Waals surface area (Å²) in [6, 6.07) is 3.16. The van der Waals surface area contributed by atoms with Gasteiger partial charge in [-0.05, 0) is 19.1 Å². The Morgan fingerprint density at radius 2 is 2.00 bits per heavy atom. The zero-order valence-corrected chi connectivity index (χ0v) is 17.5. The molecule has 1 saturated heterocycles. The van der Waals surface area contributed by atoms with Gasteiger partial charge >= 0.3 is 5.97 Å². The molecule has 29 heavy (non-hydrogen) atoms. The first kappa shape index (κ1) is 20.0. The Bertz CT molecular complexity index is 1120. The number of carboxylic acid groups (broad SMARTS) is 1. The minimum absolute atomic E-state index is 0.143. The lowest BCUT2D eigenvalue weighted by molar-refractivity contribution is 0.0697. The van der Waals surface area contributed by atoms with Crippen LogP contribution in [0.1, 0.15) is 26.5 Å². The van der Waals surface area contributed by atoms with Crippen LogP contribution in [0.5, 0.6) is 0 Å². The van der Waals surface area contributed by atoms with E-state index in [2.05, 4.69) is 15.3 Å². The van der Waals surface area contributed by atoms with Crippen LogP contribution in [-0.4, -0.2) is 53.3 Å². The lowest BCUT2D eigenvalue weighted by Gasteiger charge is -2.29. The number of carbonyl (C=O) groups excluding carboxylic acids is 1. The molecule has 0 aliphatic carbocycles. The molecule has 0 atom stereocenters. The number of hydrogen-bond donors (Lipinski definition) is 3. The van der Waals surface area contributed by atoms with Crippen LogP contribution < -0.4 is 10.2 Å². The van der Waals surface area contributed by atoms with Gasteiger partial charge in [-0.25, -0.2) is 9.78 Å². The Kier molecular flexibility index (Phi) is 5.39. The number of ether oxygens (including phenoxy) is 1. The molecular weight excluding hydrogens is 439 g/mol. The topological polar surface area (TPSA) is 108 Å². The van der Waals surface area contributed by atoms with Crippen molar-refractivity contribution in [1.29, 1.82) is 0 Å². The lowest BCUT2D eigenvalue weighted by atomic mass is 10.1. The van der Waals surface area contributed by atoms with Gasteiger partial charge in [0.1, 0.15) is 11.2 Å². The first-order chi connectivity index (χ1) is 13.8. The number of morpholine rings is 1. The molecule has 1 aromatic carbocycles. The number of carboxylic acids is 1. The first-order valence-electron chi connectivity index (χ1n) is 8.70. The number of nitrogens with zero attached hydrogens (tertiary/aromatic N) is 2. The number of aromatic amines is 1. The number of hydrogen-bond acceptors (Lipinski definition) is 6. The smallest absolute Gasteiger partial charge is 0.335 e. The fraction of sp³-hybridized carbons (Fsp3) is 0.278. The number of nitrogens with one attached hydrogen (secondary N) is 2. The molecule has 8 nitrogen and oxygen atoms in total. The molecule has 152 valence electrons. The van der Waals surface area contributed by atoms with Gasteiger partial charge in [0.2, 0.25) is 0 Å². The number of fused-ring (bicyclic) bond motifs is 1. The summed E-state index contributed by atoms with van der Waals surface area (Å²) in [5.74, 6) is -1.50. The van der Waals surface area contributed by atoms with Gasteiger partial charge in [0, 0.05) is 18.8 Å². The molecule has 0 bridgehead atoms. The first-order valence-corrected chi connectivity index (χ1v) is 10.3. The van der Waals surface area contributed by atoms with Crippen LogP contribution in [0.15, 0.2) is 12.1 Å². The van der Waals surface area contributed by atoms with Crippen molar-refractivity contribution in [1.82, 2.24) is 9.97 Å². The van der Waals surface area contributed by atoms with Crippen molar-refractivity contribution in [2.45, 2.75) is 6.92 Å². The van der Waals surface area contributed by atoms with Gasteiger partial charge in [0.15, 0.2) is 5.13 Å². The minimum atomic E-state index is -1.02. The molecular formula is C18H16Cl2N4O4S. The second-order valence-corrected chi connectivity index (χ2v) is 8.26.